The van der Waals surface area contributed by atoms with Gasteiger partial charge in [0.15, 0.2) is 23.0 Å². The van der Waals surface area contributed by atoms with Gasteiger partial charge in [0, 0.05) is 45.3 Å². The van der Waals surface area contributed by atoms with Crippen molar-refractivity contribution in [3.63, 3.8) is 0 Å². The summed E-state index contributed by atoms with van der Waals surface area (Å²) in [6.45, 7) is 11.9. The van der Waals surface area contributed by atoms with Crippen LogP contribution < -0.4 is 25.2 Å². The molecule has 5 aliphatic rings. The lowest BCUT2D eigenvalue weighted by atomic mass is 9.39. The average molecular weight is 802 g/mol. The van der Waals surface area contributed by atoms with Gasteiger partial charge in [0.25, 0.3) is 0 Å². The normalized spacial score (nSPS) is 17.9. The summed E-state index contributed by atoms with van der Waals surface area (Å²) in [6, 6.07) is 49.3. The summed E-state index contributed by atoms with van der Waals surface area (Å²) in [5, 5.41) is 4.92. The van der Waals surface area contributed by atoms with Crippen LogP contribution in [-0.4, -0.2) is 6.85 Å². The van der Waals surface area contributed by atoms with Gasteiger partial charge in [-0.15, -0.1) is 0 Å². The average Bonchev–Trinajstić information content (AvgIpc) is 3.66. The summed E-state index contributed by atoms with van der Waals surface area (Å²) < 4.78 is 20.6. The van der Waals surface area contributed by atoms with Crippen molar-refractivity contribution in [2.24, 2.45) is 0 Å². The first-order chi connectivity index (χ1) is 30.1. The van der Waals surface area contributed by atoms with Gasteiger partial charge in [-0.3, -0.25) is 0 Å². The van der Waals surface area contributed by atoms with Crippen molar-refractivity contribution in [2.45, 2.75) is 70.6 Å². The highest BCUT2D eigenvalue weighted by atomic mass is 16.6. The molecule has 0 N–H and O–H groups in total. The van der Waals surface area contributed by atoms with E-state index in [1.807, 2.05) is 24.3 Å². The smallest absolute Gasteiger partial charge is 0.329 e. The SMILES string of the molecule is Cc1cc2c(cc1N1B3c4cccc5c4C(Cc4c-5ccc5ccccc45)c4c3c(cc3c4oc4ccccc43)-c3cc4c(cc31)Oc1ccccc1O4)C(C)(C)CCC2(C)C. The maximum absolute atomic E-state index is 7.15. The molecule has 0 fully saturated rings. The van der Waals surface area contributed by atoms with E-state index in [9.17, 15) is 0 Å². The summed E-state index contributed by atoms with van der Waals surface area (Å²) >= 11 is 0. The van der Waals surface area contributed by atoms with Crippen LogP contribution in [-0.2, 0) is 17.3 Å². The van der Waals surface area contributed by atoms with Crippen molar-refractivity contribution in [3.05, 3.63) is 167 Å². The number of benzene rings is 8. The molecule has 0 radical (unpaired) electrons. The fourth-order valence-electron chi connectivity index (χ4n) is 12.3. The molecule has 4 nitrogen and oxygen atoms in total. The number of hydrogen-bond acceptors (Lipinski definition) is 4. The number of furan rings is 1. The second kappa shape index (κ2) is 11.8. The van der Waals surface area contributed by atoms with Crippen LogP contribution in [0.3, 0.4) is 0 Å². The number of para-hydroxylation sites is 3. The largest absolute Gasteiger partial charge is 0.456 e. The molecule has 1 aromatic heterocycles. The summed E-state index contributed by atoms with van der Waals surface area (Å²) in [5.74, 6) is 3.01. The van der Waals surface area contributed by atoms with Crippen molar-refractivity contribution in [2.75, 3.05) is 4.81 Å². The molecule has 14 rings (SSSR count). The molecule has 9 aromatic rings. The van der Waals surface area contributed by atoms with Gasteiger partial charge in [-0.1, -0.05) is 119 Å². The van der Waals surface area contributed by atoms with Crippen LogP contribution in [0.15, 0.2) is 138 Å². The molecular formula is C57H44BNO3. The van der Waals surface area contributed by atoms with Gasteiger partial charge in [0.1, 0.15) is 11.2 Å². The summed E-state index contributed by atoms with van der Waals surface area (Å²) in [5.41, 5.74) is 20.5. The van der Waals surface area contributed by atoms with E-state index in [0.29, 0.717) is 0 Å². The third-order valence-electron chi connectivity index (χ3n) is 15.5. The summed E-state index contributed by atoms with van der Waals surface area (Å²) in [6.07, 6.45) is 3.21. The zero-order valence-electron chi connectivity index (χ0n) is 35.6. The van der Waals surface area contributed by atoms with E-state index in [1.165, 1.54) is 83.9 Å². The Kier molecular flexibility index (Phi) is 6.65. The zero-order valence-corrected chi connectivity index (χ0v) is 35.6. The van der Waals surface area contributed by atoms with E-state index in [-0.39, 0.29) is 23.6 Å². The molecule has 8 aromatic carbocycles. The minimum atomic E-state index is -0.135. The Balaban J connectivity index is 1.13. The monoisotopic (exact) mass is 801 g/mol. The predicted molar refractivity (Wildman–Crippen MR) is 254 cm³/mol. The lowest BCUT2D eigenvalue weighted by molar-refractivity contribution is 0.332. The van der Waals surface area contributed by atoms with Crippen LogP contribution >= 0.6 is 0 Å². The predicted octanol–water partition coefficient (Wildman–Crippen LogP) is 13.9. The molecule has 0 saturated heterocycles. The standard InChI is InChI=1S/C57H44BNO3/c1-31-25-42-43(57(4,5)24-23-56(42,2)3)29-45(31)59-46-30-51-50(60-48-19-10-11-20-49(48)61-51)28-38(46)39-27-40-35-15-8-9-18-47(35)62-55(40)53-41-26-37-33-14-7-6-13-32(33)21-22-34(37)36-16-12-17-44(52(36)41)58(59)54(39)53/h6-22,25,27-30,41H,23-24,26H2,1-5H3. The Morgan fingerprint density at radius 2 is 1.27 bits per heavy atom. The lowest BCUT2D eigenvalue weighted by Gasteiger charge is -2.48. The fraction of sp³-hybridized carbons (Fsp3) is 0.193. The highest BCUT2D eigenvalue weighted by Crippen LogP contribution is 2.57. The van der Waals surface area contributed by atoms with E-state index in [4.69, 9.17) is 13.9 Å². The van der Waals surface area contributed by atoms with E-state index in [1.54, 1.807) is 0 Å². The quantitative estimate of drug-likeness (QED) is 0.155. The van der Waals surface area contributed by atoms with Crippen molar-refractivity contribution in [1.29, 1.82) is 0 Å². The molecule has 1 unspecified atom stereocenters. The van der Waals surface area contributed by atoms with Crippen molar-refractivity contribution < 1.29 is 13.9 Å². The molecule has 298 valence electrons. The highest BCUT2D eigenvalue weighted by molar-refractivity contribution is 6.92. The third kappa shape index (κ3) is 4.48. The number of anilines is 2. The van der Waals surface area contributed by atoms with Crippen LogP contribution in [0.5, 0.6) is 23.0 Å². The second-order valence-electron chi connectivity index (χ2n) is 19.8. The Morgan fingerprint density at radius 3 is 2.08 bits per heavy atom. The number of hydrogen-bond donors (Lipinski definition) is 0. The van der Waals surface area contributed by atoms with Crippen LogP contribution in [0.25, 0.3) is 55.0 Å². The number of aryl methyl sites for hydroxylation is 1. The van der Waals surface area contributed by atoms with Crippen LogP contribution in [0.4, 0.5) is 11.4 Å². The van der Waals surface area contributed by atoms with Gasteiger partial charge in [0.2, 0.25) is 0 Å². The molecule has 0 saturated carbocycles. The number of nitrogens with zero attached hydrogens (tertiary/aromatic N) is 1. The van der Waals surface area contributed by atoms with Crippen molar-refractivity contribution in [3.8, 4) is 45.3 Å². The first kappa shape index (κ1) is 34.9. The summed E-state index contributed by atoms with van der Waals surface area (Å²) in [7, 11) is 0. The molecule has 2 aliphatic carbocycles. The Hall–Kier alpha value is -6.72. The molecule has 3 aliphatic heterocycles. The zero-order chi connectivity index (χ0) is 41.4. The molecule has 5 heteroatoms. The maximum atomic E-state index is 7.15. The number of fused-ring (bicyclic) bond motifs is 15. The highest BCUT2D eigenvalue weighted by Gasteiger charge is 2.50. The van der Waals surface area contributed by atoms with E-state index >= 15 is 0 Å². The fourth-order valence-corrected chi connectivity index (χ4v) is 12.3. The molecule has 0 bridgehead atoms. The van der Waals surface area contributed by atoms with Gasteiger partial charge < -0.3 is 18.7 Å². The van der Waals surface area contributed by atoms with E-state index < -0.39 is 0 Å². The van der Waals surface area contributed by atoms with Crippen LogP contribution in [0, 0.1) is 6.92 Å². The minimum Gasteiger partial charge on any atom is -0.456 e. The van der Waals surface area contributed by atoms with E-state index in [0.717, 1.165) is 69.0 Å². The molecule has 4 heterocycles. The molecule has 0 amide bonds. The molecular weight excluding hydrogens is 757 g/mol. The topological polar surface area (TPSA) is 34.8 Å². The number of rotatable bonds is 1. The third-order valence-corrected chi connectivity index (χ3v) is 15.5. The lowest BCUT2D eigenvalue weighted by Crippen LogP contribution is -2.62. The van der Waals surface area contributed by atoms with E-state index in [2.05, 4.69) is 149 Å². The minimum absolute atomic E-state index is 0.0298. The van der Waals surface area contributed by atoms with Crippen LogP contribution in [0.2, 0.25) is 0 Å². The van der Waals surface area contributed by atoms with Gasteiger partial charge in [0.05, 0.1) is 0 Å². The second-order valence-corrected chi connectivity index (χ2v) is 19.8. The van der Waals surface area contributed by atoms with Crippen LogP contribution in [0.1, 0.15) is 79.8 Å². The first-order valence-corrected chi connectivity index (χ1v) is 22.3. The Labute approximate surface area is 361 Å². The van der Waals surface area contributed by atoms with Crippen molar-refractivity contribution >= 4 is 61.9 Å². The number of ether oxygens (including phenoxy) is 2. The summed E-state index contributed by atoms with van der Waals surface area (Å²) in [4.78, 5) is 2.68. The van der Waals surface area contributed by atoms with Crippen molar-refractivity contribution in [1.82, 2.24) is 0 Å². The Bertz CT molecular complexity index is 3500. The van der Waals surface area contributed by atoms with Gasteiger partial charge in [-0.25, -0.2) is 0 Å². The molecule has 1 atom stereocenters. The Morgan fingerprint density at radius 1 is 0.565 bits per heavy atom. The molecule has 0 spiro atoms. The first-order valence-electron chi connectivity index (χ1n) is 22.3. The van der Waals surface area contributed by atoms with Gasteiger partial charge >= 0.3 is 6.85 Å². The van der Waals surface area contributed by atoms with Gasteiger partial charge in [-0.2, -0.15) is 0 Å². The maximum Gasteiger partial charge on any atom is 0.329 e. The molecule has 62 heavy (non-hydrogen) atoms. The van der Waals surface area contributed by atoms with Gasteiger partial charge in [-0.05, 0) is 140 Å².